The zero-order valence-corrected chi connectivity index (χ0v) is 11.7. The molecule has 0 saturated carbocycles. The summed E-state index contributed by atoms with van der Waals surface area (Å²) < 4.78 is 17.8. The van der Waals surface area contributed by atoms with Crippen LogP contribution in [0.25, 0.3) is 0 Å². The minimum absolute atomic E-state index is 0.0991. The smallest absolute Gasteiger partial charge is 0.337 e. The molecule has 0 amide bonds. The number of rotatable bonds is 5. The zero-order chi connectivity index (χ0) is 16.1. The molecular weight excluding hydrogens is 291 g/mol. The van der Waals surface area contributed by atoms with Crippen LogP contribution < -0.4 is 5.32 Å². The largest absolute Gasteiger partial charge is 0.465 e. The quantitative estimate of drug-likeness (QED) is 0.521. The van der Waals surface area contributed by atoms with E-state index >= 15 is 0 Å². The molecule has 0 aliphatic carbocycles. The van der Waals surface area contributed by atoms with Crippen LogP contribution in [0.4, 0.5) is 15.8 Å². The number of nitrogens with one attached hydrogen (secondary N) is 1. The topological polar surface area (TPSA) is 81.5 Å². The van der Waals surface area contributed by atoms with Gasteiger partial charge in [-0.25, -0.2) is 9.18 Å². The monoisotopic (exact) mass is 304 g/mol. The summed E-state index contributed by atoms with van der Waals surface area (Å²) in [6.07, 6.45) is 0. The van der Waals surface area contributed by atoms with Crippen LogP contribution in [0.3, 0.4) is 0 Å². The molecule has 0 saturated heterocycles. The van der Waals surface area contributed by atoms with Crippen LogP contribution in [-0.2, 0) is 11.3 Å². The first-order chi connectivity index (χ1) is 10.5. The summed E-state index contributed by atoms with van der Waals surface area (Å²) in [7, 11) is 1.29. The number of benzene rings is 2. The van der Waals surface area contributed by atoms with Gasteiger partial charge in [-0.3, -0.25) is 10.1 Å². The summed E-state index contributed by atoms with van der Waals surface area (Å²) in [6, 6.07) is 9.76. The summed E-state index contributed by atoms with van der Waals surface area (Å²) in [5, 5.41) is 13.7. The Morgan fingerprint density at radius 1 is 1.27 bits per heavy atom. The number of nitrogens with zero attached hydrogens (tertiary/aromatic N) is 1. The lowest BCUT2D eigenvalue weighted by Crippen LogP contribution is -2.04. The number of esters is 1. The molecule has 22 heavy (non-hydrogen) atoms. The molecule has 0 spiro atoms. The lowest BCUT2D eigenvalue weighted by molar-refractivity contribution is -0.384. The molecule has 0 heterocycles. The zero-order valence-electron chi connectivity index (χ0n) is 11.7. The maximum Gasteiger partial charge on any atom is 0.337 e. The minimum Gasteiger partial charge on any atom is -0.465 e. The van der Waals surface area contributed by atoms with Crippen molar-refractivity contribution in [2.45, 2.75) is 6.54 Å². The molecule has 0 radical (unpaired) electrons. The number of hydrogen-bond acceptors (Lipinski definition) is 5. The molecule has 2 rings (SSSR count). The Kier molecular flexibility index (Phi) is 4.67. The van der Waals surface area contributed by atoms with Gasteiger partial charge >= 0.3 is 5.97 Å². The SMILES string of the molecule is COC(=O)c1ccc(CNc2cc(F)ccc2[N+](=O)[O-])cc1. The number of halogens is 1. The second-order valence-electron chi connectivity index (χ2n) is 4.46. The van der Waals surface area contributed by atoms with Crippen LogP contribution >= 0.6 is 0 Å². The number of hydrogen-bond donors (Lipinski definition) is 1. The fraction of sp³-hybridized carbons (Fsp3) is 0.133. The van der Waals surface area contributed by atoms with Gasteiger partial charge in [0.05, 0.1) is 17.6 Å². The van der Waals surface area contributed by atoms with E-state index in [1.54, 1.807) is 24.3 Å². The summed E-state index contributed by atoms with van der Waals surface area (Å²) in [6.45, 7) is 0.256. The molecule has 6 nitrogen and oxygen atoms in total. The summed E-state index contributed by atoms with van der Waals surface area (Å²) in [5.41, 5.74) is 1.09. The normalized spacial score (nSPS) is 10.1. The fourth-order valence-corrected chi connectivity index (χ4v) is 1.88. The Morgan fingerprint density at radius 3 is 2.55 bits per heavy atom. The summed E-state index contributed by atoms with van der Waals surface area (Å²) in [5.74, 6) is -1.01. The molecule has 2 aromatic rings. The first-order valence-corrected chi connectivity index (χ1v) is 6.36. The molecule has 2 aromatic carbocycles. The van der Waals surface area contributed by atoms with Crippen molar-refractivity contribution >= 4 is 17.3 Å². The van der Waals surface area contributed by atoms with Crippen molar-refractivity contribution in [2.75, 3.05) is 12.4 Å². The molecule has 0 atom stereocenters. The predicted octanol–water partition coefficient (Wildman–Crippen LogP) is 3.13. The van der Waals surface area contributed by atoms with Crippen LogP contribution in [0.15, 0.2) is 42.5 Å². The van der Waals surface area contributed by atoms with Crippen LogP contribution in [0.1, 0.15) is 15.9 Å². The molecule has 0 bridgehead atoms. The highest BCUT2D eigenvalue weighted by Crippen LogP contribution is 2.25. The fourth-order valence-electron chi connectivity index (χ4n) is 1.88. The predicted molar refractivity (Wildman–Crippen MR) is 78.2 cm³/mol. The third-order valence-corrected chi connectivity index (χ3v) is 3.01. The third kappa shape index (κ3) is 3.57. The van der Waals surface area contributed by atoms with E-state index in [4.69, 9.17) is 0 Å². The van der Waals surface area contributed by atoms with E-state index < -0.39 is 16.7 Å². The van der Waals surface area contributed by atoms with E-state index in [0.29, 0.717) is 5.56 Å². The number of carbonyl (C=O) groups excluding carboxylic acids is 1. The van der Waals surface area contributed by atoms with Crippen molar-refractivity contribution in [1.29, 1.82) is 0 Å². The molecular formula is C15H13FN2O4. The van der Waals surface area contributed by atoms with Crippen molar-refractivity contribution in [3.8, 4) is 0 Å². The van der Waals surface area contributed by atoms with E-state index in [0.717, 1.165) is 23.8 Å². The van der Waals surface area contributed by atoms with Gasteiger partial charge < -0.3 is 10.1 Å². The molecule has 0 aliphatic heterocycles. The standard InChI is InChI=1S/C15H13FN2O4/c1-22-15(19)11-4-2-10(3-5-11)9-17-13-8-12(16)6-7-14(13)18(20)21/h2-8,17H,9H2,1H3. The van der Waals surface area contributed by atoms with Gasteiger partial charge in [-0.1, -0.05) is 12.1 Å². The maximum atomic E-state index is 13.2. The molecule has 114 valence electrons. The average Bonchev–Trinajstić information content (AvgIpc) is 2.52. The van der Waals surface area contributed by atoms with Gasteiger partial charge in [-0.2, -0.15) is 0 Å². The van der Waals surface area contributed by atoms with E-state index in [9.17, 15) is 19.3 Å². The number of methoxy groups -OCH3 is 1. The minimum atomic E-state index is -0.581. The molecule has 0 unspecified atom stereocenters. The van der Waals surface area contributed by atoms with E-state index in [-0.39, 0.29) is 17.9 Å². The Bertz CT molecular complexity index is 701. The molecule has 1 N–H and O–H groups in total. The Labute approximate surface area is 125 Å². The average molecular weight is 304 g/mol. The lowest BCUT2D eigenvalue weighted by atomic mass is 10.1. The highest BCUT2D eigenvalue weighted by atomic mass is 19.1. The van der Waals surface area contributed by atoms with Crippen LogP contribution in [-0.4, -0.2) is 18.0 Å². The number of anilines is 1. The van der Waals surface area contributed by atoms with Gasteiger partial charge in [0.1, 0.15) is 11.5 Å². The van der Waals surface area contributed by atoms with Gasteiger partial charge in [-0.05, 0) is 23.8 Å². The second kappa shape index (κ2) is 6.66. The maximum absolute atomic E-state index is 13.2. The first-order valence-electron chi connectivity index (χ1n) is 6.36. The first kappa shape index (κ1) is 15.4. The number of ether oxygens (including phenoxy) is 1. The Balaban J connectivity index is 2.11. The lowest BCUT2D eigenvalue weighted by Gasteiger charge is -2.08. The van der Waals surface area contributed by atoms with Crippen molar-refractivity contribution in [3.63, 3.8) is 0 Å². The number of nitro benzene ring substituents is 1. The Morgan fingerprint density at radius 2 is 1.95 bits per heavy atom. The van der Waals surface area contributed by atoms with Gasteiger partial charge in [0, 0.05) is 18.7 Å². The summed E-state index contributed by atoms with van der Waals surface area (Å²) in [4.78, 5) is 21.6. The van der Waals surface area contributed by atoms with Gasteiger partial charge in [0.2, 0.25) is 0 Å². The highest BCUT2D eigenvalue weighted by molar-refractivity contribution is 5.89. The van der Waals surface area contributed by atoms with E-state index in [2.05, 4.69) is 10.1 Å². The van der Waals surface area contributed by atoms with Gasteiger partial charge in [0.25, 0.3) is 5.69 Å². The highest BCUT2D eigenvalue weighted by Gasteiger charge is 2.14. The van der Waals surface area contributed by atoms with Crippen LogP contribution in [0.5, 0.6) is 0 Å². The van der Waals surface area contributed by atoms with Crippen LogP contribution in [0, 0.1) is 15.9 Å². The van der Waals surface area contributed by atoms with Gasteiger partial charge in [-0.15, -0.1) is 0 Å². The van der Waals surface area contributed by atoms with Crippen LogP contribution in [0.2, 0.25) is 0 Å². The van der Waals surface area contributed by atoms with Crippen molar-refractivity contribution in [2.24, 2.45) is 0 Å². The van der Waals surface area contributed by atoms with E-state index in [1.165, 1.54) is 7.11 Å². The summed E-state index contributed by atoms with van der Waals surface area (Å²) >= 11 is 0. The second-order valence-corrected chi connectivity index (χ2v) is 4.46. The third-order valence-electron chi connectivity index (χ3n) is 3.01. The van der Waals surface area contributed by atoms with Crippen molar-refractivity contribution < 1.29 is 18.8 Å². The molecule has 7 heteroatoms. The molecule has 0 fully saturated rings. The number of nitro groups is 1. The van der Waals surface area contributed by atoms with Gasteiger partial charge in [0.15, 0.2) is 0 Å². The van der Waals surface area contributed by atoms with Crippen molar-refractivity contribution in [3.05, 3.63) is 69.5 Å². The molecule has 0 aliphatic rings. The Hall–Kier alpha value is -2.96. The number of carbonyl (C=O) groups is 1. The molecule has 0 aromatic heterocycles. The van der Waals surface area contributed by atoms with Crippen molar-refractivity contribution in [1.82, 2.24) is 0 Å². The van der Waals surface area contributed by atoms with E-state index in [1.807, 2.05) is 0 Å².